The van der Waals surface area contributed by atoms with Crippen molar-refractivity contribution in [2.45, 2.75) is 32.0 Å². The van der Waals surface area contributed by atoms with E-state index in [4.69, 9.17) is 17.3 Å². The van der Waals surface area contributed by atoms with Crippen LogP contribution in [0.25, 0.3) is 0 Å². The second-order valence-electron chi connectivity index (χ2n) is 7.05. The molecule has 0 saturated carbocycles. The van der Waals surface area contributed by atoms with Crippen molar-refractivity contribution < 1.29 is 22.8 Å². The lowest BCUT2D eigenvalue weighted by Gasteiger charge is -2.11. The van der Waals surface area contributed by atoms with Gasteiger partial charge in [-0.2, -0.15) is 13.2 Å². The fourth-order valence-corrected chi connectivity index (χ4v) is 3.80. The van der Waals surface area contributed by atoms with E-state index in [0.29, 0.717) is 29.7 Å². The smallest absolute Gasteiger partial charge is 0.342 e. The van der Waals surface area contributed by atoms with Gasteiger partial charge in [0.25, 0.3) is 11.8 Å². The molecule has 0 radical (unpaired) electrons. The Morgan fingerprint density at radius 2 is 1.91 bits per heavy atom. The number of anilines is 1. The Kier molecular flexibility index (Phi) is 8.12. The van der Waals surface area contributed by atoms with Gasteiger partial charge >= 0.3 is 6.18 Å². The Balaban J connectivity index is 1.65. The molecule has 0 bridgehead atoms. The fraction of sp³-hybridized carbons (Fsp3) is 0.300. The largest absolute Gasteiger partial charge is 0.418 e. The highest BCUT2D eigenvalue weighted by Gasteiger charge is 2.34. The fourth-order valence-electron chi connectivity index (χ4n) is 2.77. The van der Waals surface area contributed by atoms with Gasteiger partial charge in [-0.05, 0) is 38.4 Å². The summed E-state index contributed by atoms with van der Waals surface area (Å²) in [5.41, 5.74) is 5.24. The number of amides is 2. The number of pyridine rings is 1. The second kappa shape index (κ2) is 10.8. The van der Waals surface area contributed by atoms with Crippen LogP contribution in [0.4, 0.5) is 19.0 Å². The summed E-state index contributed by atoms with van der Waals surface area (Å²) >= 11 is 6.51. The van der Waals surface area contributed by atoms with Gasteiger partial charge in [0.15, 0.2) is 0 Å². The Hall–Kier alpha value is -3.16. The van der Waals surface area contributed by atoms with Crippen molar-refractivity contribution in [3.8, 4) is 0 Å². The topological polar surface area (TPSA) is 136 Å². The highest BCUT2D eigenvalue weighted by atomic mass is 35.5. The number of nitrogens with one attached hydrogen (secondary N) is 2. The Morgan fingerprint density at radius 3 is 2.62 bits per heavy atom. The second-order valence-corrected chi connectivity index (χ2v) is 8.52. The number of nitrogens with two attached hydrogens (primary N) is 1. The predicted molar refractivity (Wildman–Crippen MR) is 120 cm³/mol. The number of alkyl halides is 3. The number of aryl methyl sites for hydroxylation is 1. The molecular formula is C20H19ClF3N7O2S. The summed E-state index contributed by atoms with van der Waals surface area (Å²) in [5, 5.41) is 4.86. The van der Waals surface area contributed by atoms with Crippen LogP contribution in [0.3, 0.4) is 0 Å². The Bertz CT molecular complexity index is 1190. The van der Waals surface area contributed by atoms with Crippen molar-refractivity contribution in [1.29, 1.82) is 0 Å². The number of rotatable bonds is 8. The first-order valence-electron chi connectivity index (χ1n) is 9.90. The van der Waals surface area contributed by atoms with Gasteiger partial charge in [-0.1, -0.05) is 11.6 Å². The third kappa shape index (κ3) is 6.46. The van der Waals surface area contributed by atoms with Crippen LogP contribution >= 0.6 is 22.9 Å². The lowest BCUT2D eigenvalue weighted by Crippen LogP contribution is -2.27. The van der Waals surface area contributed by atoms with Crippen molar-refractivity contribution in [2.24, 2.45) is 5.73 Å². The van der Waals surface area contributed by atoms with Gasteiger partial charge in [-0.25, -0.2) is 19.9 Å². The van der Waals surface area contributed by atoms with E-state index >= 15 is 0 Å². The van der Waals surface area contributed by atoms with Gasteiger partial charge in [0.05, 0.1) is 22.8 Å². The highest BCUT2D eigenvalue weighted by molar-refractivity contribution is 7.13. The van der Waals surface area contributed by atoms with E-state index < -0.39 is 34.6 Å². The first-order chi connectivity index (χ1) is 16.1. The minimum atomic E-state index is -4.69. The van der Waals surface area contributed by atoms with Crippen molar-refractivity contribution in [3.05, 3.63) is 62.7 Å². The minimum Gasteiger partial charge on any atom is -0.342 e. The molecule has 14 heteroatoms. The van der Waals surface area contributed by atoms with Crippen LogP contribution in [0.15, 0.2) is 30.9 Å². The maximum absolute atomic E-state index is 13.0. The van der Waals surface area contributed by atoms with Gasteiger partial charge in [-0.15, -0.1) is 11.3 Å². The molecule has 0 spiro atoms. The molecule has 0 aromatic carbocycles. The molecule has 0 saturated heterocycles. The van der Waals surface area contributed by atoms with E-state index in [-0.39, 0.29) is 16.4 Å². The number of nitrogens with zero attached hydrogens (tertiary/aromatic N) is 4. The maximum atomic E-state index is 13.0. The molecule has 180 valence electrons. The molecule has 1 unspecified atom stereocenters. The molecular weight excluding hydrogens is 495 g/mol. The summed E-state index contributed by atoms with van der Waals surface area (Å²) in [7, 11) is 0. The molecule has 0 aliphatic carbocycles. The lowest BCUT2D eigenvalue weighted by atomic mass is 10.2. The molecule has 2 amide bonds. The molecule has 9 nitrogen and oxygen atoms in total. The number of carbonyl (C=O) groups excluding carboxylic acids is 2. The van der Waals surface area contributed by atoms with Crippen LogP contribution in [-0.2, 0) is 12.6 Å². The zero-order valence-corrected chi connectivity index (χ0v) is 19.3. The summed E-state index contributed by atoms with van der Waals surface area (Å²) in [4.78, 5) is 41.0. The standard InChI is InChI=1S/C20H19ClF3N7O2S/c1-10(30-17(32)14-5-11(3-2-4-25)28-9-29-14)19-27-8-15(34-19)18(33)31-16-6-12(20(22,23)24)13(21)7-26-16/h5-10H,2-4,25H2,1H3,(H,30,32)(H,26,31,33). The van der Waals surface area contributed by atoms with Crippen LogP contribution in [0, 0.1) is 0 Å². The number of hydrogen-bond acceptors (Lipinski definition) is 8. The zero-order chi connectivity index (χ0) is 24.9. The summed E-state index contributed by atoms with van der Waals surface area (Å²) in [6, 6.07) is 1.66. The van der Waals surface area contributed by atoms with Gasteiger partial charge in [-0.3, -0.25) is 9.59 Å². The van der Waals surface area contributed by atoms with E-state index in [9.17, 15) is 22.8 Å². The van der Waals surface area contributed by atoms with E-state index in [1.165, 1.54) is 12.5 Å². The predicted octanol–water partition coefficient (Wildman–Crippen LogP) is 3.63. The summed E-state index contributed by atoms with van der Waals surface area (Å²) in [6.07, 6.45) is 0.0125. The summed E-state index contributed by atoms with van der Waals surface area (Å²) < 4.78 is 39.0. The highest BCUT2D eigenvalue weighted by Crippen LogP contribution is 2.35. The molecule has 4 N–H and O–H groups in total. The normalized spacial score (nSPS) is 12.3. The van der Waals surface area contributed by atoms with E-state index in [1.54, 1.807) is 13.0 Å². The molecule has 34 heavy (non-hydrogen) atoms. The van der Waals surface area contributed by atoms with Crippen LogP contribution in [0.2, 0.25) is 5.02 Å². The molecule has 3 heterocycles. The zero-order valence-electron chi connectivity index (χ0n) is 17.7. The van der Waals surface area contributed by atoms with Crippen LogP contribution in [0.5, 0.6) is 0 Å². The quantitative estimate of drug-likeness (QED) is 0.418. The van der Waals surface area contributed by atoms with Crippen LogP contribution in [0.1, 0.15) is 55.8 Å². The number of halogens is 4. The first kappa shape index (κ1) is 25.5. The lowest BCUT2D eigenvalue weighted by molar-refractivity contribution is -0.137. The average Bonchev–Trinajstić information content (AvgIpc) is 3.29. The first-order valence-corrected chi connectivity index (χ1v) is 11.1. The van der Waals surface area contributed by atoms with Gasteiger partial charge in [0.2, 0.25) is 0 Å². The molecule has 3 rings (SSSR count). The third-order valence-corrected chi connectivity index (χ3v) is 5.94. The van der Waals surface area contributed by atoms with E-state index in [0.717, 1.165) is 24.0 Å². The molecule has 0 fully saturated rings. The number of thiazole rings is 1. The Labute approximate surface area is 201 Å². The van der Waals surface area contributed by atoms with E-state index in [2.05, 4.69) is 30.6 Å². The van der Waals surface area contributed by atoms with Crippen LogP contribution in [-0.4, -0.2) is 38.3 Å². The SMILES string of the molecule is CC(NC(=O)c1cc(CCCN)ncn1)c1ncc(C(=O)Nc2cc(C(F)(F)F)c(Cl)cn2)s1. The number of carbonyl (C=O) groups is 2. The number of hydrogen-bond donors (Lipinski definition) is 3. The molecule has 0 aliphatic heterocycles. The minimum absolute atomic E-state index is 0.118. The average molecular weight is 514 g/mol. The van der Waals surface area contributed by atoms with Crippen molar-refractivity contribution in [3.63, 3.8) is 0 Å². The molecule has 1 atom stereocenters. The van der Waals surface area contributed by atoms with Gasteiger partial charge < -0.3 is 16.4 Å². The molecule has 3 aromatic rings. The van der Waals surface area contributed by atoms with Crippen molar-refractivity contribution in [1.82, 2.24) is 25.3 Å². The third-order valence-electron chi connectivity index (χ3n) is 4.46. The van der Waals surface area contributed by atoms with Crippen molar-refractivity contribution in [2.75, 3.05) is 11.9 Å². The van der Waals surface area contributed by atoms with Crippen molar-refractivity contribution >= 4 is 40.6 Å². The van der Waals surface area contributed by atoms with E-state index in [1.807, 2.05) is 0 Å². The number of aromatic nitrogens is 4. The summed E-state index contributed by atoms with van der Waals surface area (Å²) in [5.74, 6) is -1.46. The molecule has 0 aliphatic rings. The van der Waals surface area contributed by atoms with Gasteiger partial charge in [0, 0.05) is 11.9 Å². The maximum Gasteiger partial charge on any atom is 0.418 e. The molecule has 3 aromatic heterocycles. The van der Waals surface area contributed by atoms with Gasteiger partial charge in [0.1, 0.15) is 27.7 Å². The summed E-state index contributed by atoms with van der Waals surface area (Å²) in [6.45, 7) is 2.17. The Morgan fingerprint density at radius 1 is 1.15 bits per heavy atom. The van der Waals surface area contributed by atoms with Crippen LogP contribution < -0.4 is 16.4 Å². The monoisotopic (exact) mass is 513 g/mol.